The number of aromatic nitrogens is 3. The Morgan fingerprint density at radius 3 is 2.42 bits per heavy atom. The van der Waals surface area contributed by atoms with E-state index >= 15 is 0 Å². The normalized spacial score (nSPS) is 15.1. The highest BCUT2D eigenvalue weighted by Crippen LogP contribution is 2.35. The fourth-order valence-electron chi connectivity index (χ4n) is 4.69. The van der Waals surface area contributed by atoms with Crippen molar-refractivity contribution >= 4 is 28.3 Å². The first-order chi connectivity index (χ1) is 18.2. The van der Waals surface area contributed by atoms with E-state index in [1.54, 1.807) is 35.4 Å². The molecule has 1 fully saturated rings. The maximum atomic E-state index is 13.8. The van der Waals surface area contributed by atoms with Crippen LogP contribution < -0.4 is 10.6 Å². The fraction of sp³-hybridized carbons (Fsp3) is 0.296. The molecule has 0 bridgehead atoms. The third-order valence-electron chi connectivity index (χ3n) is 6.75. The van der Waals surface area contributed by atoms with Crippen LogP contribution in [-0.2, 0) is 19.8 Å². The van der Waals surface area contributed by atoms with Gasteiger partial charge in [0.2, 0.25) is 0 Å². The summed E-state index contributed by atoms with van der Waals surface area (Å²) >= 11 is 0. The van der Waals surface area contributed by atoms with Gasteiger partial charge in [-0.15, -0.1) is 0 Å². The van der Waals surface area contributed by atoms with E-state index in [1.807, 2.05) is 24.1 Å². The molecule has 4 aromatic rings. The van der Waals surface area contributed by atoms with E-state index < -0.39 is 23.9 Å². The van der Waals surface area contributed by atoms with Crippen LogP contribution in [0.25, 0.3) is 22.0 Å². The van der Waals surface area contributed by atoms with E-state index in [0.29, 0.717) is 31.6 Å². The number of anilines is 2. The van der Waals surface area contributed by atoms with Crippen molar-refractivity contribution in [3.05, 3.63) is 72.2 Å². The molecule has 1 saturated heterocycles. The first kappa shape index (κ1) is 25.7. The molecular formula is C27H27F3N6O2. The average Bonchev–Trinajstić information content (AvgIpc) is 3.27. The predicted molar refractivity (Wildman–Crippen MR) is 139 cm³/mol. The average molecular weight is 525 g/mol. The summed E-state index contributed by atoms with van der Waals surface area (Å²) in [7, 11) is 1.84. The fourth-order valence-corrected chi connectivity index (χ4v) is 4.69. The van der Waals surface area contributed by atoms with Gasteiger partial charge in [0.25, 0.3) is 0 Å². The van der Waals surface area contributed by atoms with Gasteiger partial charge in [0.15, 0.2) is 0 Å². The summed E-state index contributed by atoms with van der Waals surface area (Å²) < 4.78 is 43.2. The molecule has 0 saturated carbocycles. The molecule has 1 aliphatic rings. The number of nitrogens with one attached hydrogen (secondary N) is 2. The Hall–Kier alpha value is -3.96. The quantitative estimate of drug-likeness (QED) is 0.331. The number of aliphatic hydroxyl groups is 1. The van der Waals surface area contributed by atoms with Gasteiger partial charge in [-0.05, 0) is 48.2 Å². The van der Waals surface area contributed by atoms with Gasteiger partial charge in [0.05, 0.1) is 29.6 Å². The van der Waals surface area contributed by atoms with Gasteiger partial charge in [-0.1, -0.05) is 18.2 Å². The van der Waals surface area contributed by atoms with Gasteiger partial charge in [-0.3, -0.25) is 14.6 Å². The van der Waals surface area contributed by atoms with Crippen LogP contribution in [0, 0.1) is 0 Å². The lowest BCUT2D eigenvalue weighted by Gasteiger charge is -2.30. The number of hydrogen-bond acceptors (Lipinski definition) is 5. The van der Waals surface area contributed by atoms with Gasteiger partial charge in [0.1, 0.15) is 0 Å². The molecule has 5 rings (SSSR count). The topological polar surface area (TPSA) is 95.3 Å². The Balaban J connectivity index is 1.26. The number of urea groups is 1. The van der Waals surface area contributed by atoms with Crippen molar-refractivity contribution in [3.63, 3.8) is 0 Å². The molecule has 3 N–H and O–H groups in total. The lowest BCUT2D eigenvalue weighted by molar-refractivity contribution is -0.138. The number of aliphatic hydroxyl groups excluding tert-OH is 1. The summed E-state index contributed by atoms with van der Waals surface area (Å²) in [6.45, 7) is 1.20. The number of rotatable bonds is 5. The largest absolute Gasteiger partial charge is 0.416 e. The molecule has 3 heterocycles. The van der Waals surface area contributed by atoms with Crippen LogP contribution in [0.1, 0.15) is 24.0 Å². The number of carbonyl (C=O) groups is 1. The lowest BCUT2D eigenvalue weighted by atomic mass is 10.0. The van der Waals surface area contributed by atoms with E-state index in [0.717, 1.165) is 28.1 Å². The number of pyridine rings is 1. The van der Waals surface area contributed by atoms with Crippen molar-refractivity contribution in [2.75, 3.05) is 23.7 Å². The van der Waals surface area contributed by atoms with E-state index in [4.69, 9.17) is 0 Å². The monoisotopic (exact) mass is 524 g/mol. The smallest absolute Gasteiger partial charge is 0.393 e. The molecule has 2 aromatic carbocycles. The van der Waals surface area contributed by atoms with E-state index in [9.17, 15) is 23.1 Å². The number of likely N-dealkylation sites (tertiary alicyclic amines) is 1. The summed E-state index contributed by atoms with van der Waals surface area (Å²) in [5, 5.41) is 20.0. The summed E-state index contributed by atoms with van der Waals surface area (Å²) in [5.74, 6) is 0. The van der Waals surface area contributed by atoms with Crippen molar-refractivity contribution in [2.24, 2.45) is 7.05 Å². The summed E-state index contributed by atoms with van der Waals surface area (Å²) in [5.41, 5.74) is 2.54. The first-order valence-corrected chi connectivity index (χ1v) is 12.2. The summed E-state index contributed by atoms with van der Waals surface area (Å²) in [6.07, 6.45) is 1.36. The Morgan fingerprint density at radius 2 is 1.71 bits per heavy atom. The van der Waals surface area contributed by atoms with Crippen LogP contribution in [0.5, 0.6) is 0 Å². The van der Waals surface area contributed by atoms with Crippen LogP contribution in [-0.4, -0.2) is 50.0 Å². The molecule has 1 aliphatic heterocycles. The minimum absolute atomic E-state index is 0.0404. The maximum Gasteiger partial charge on any atom is 0.416 e. The van der Waals surface area contributed by atoms with Crippen LogP contribution >= 0.6 is 0 Å². The Morgan fingerprint density at radius 1 is 1.03 bits per heavy atom. The van der Waals surface area contributed by atoms with Gasteiger partial charge >= 0.3 is 12.2 Å². The maximum absolute atomic E-state index is 13.8. The van der Waals surface area contributed by atoms with Gasteiger partial charge in [0, 0.05) is 55.2 Å². The molecule has 0 unspecified atom stereocenters. The Kier molecular flexibility index (Phi) is 7.04. The molecule has 0 radical (unpaired) electrons. The van der Waals surface area contributed by atoms with E-state index in [1.165, 1.54) is 12.1 Å². The molecule has 0 atom stereocenters. The molecule has 2 amide bonds. The van der Waals surface area contributed by atoms with E-state index in [-0.39, 0.29) is 17.8 Å². The highest BCUT2D eigenvalue weighted by molar-refractivity contribution is 6.00. The van der Waals surface area contributed by atoms with Crippen molar-refractivity contribution in [1.82, 2.24) is 19.7 Å². The molecule has 8 nitrogen and oxygen atoms in total. The molecule has 0 aliphatic carbocycles. The molecule has 198 valence electrons. The number of alkyl halides is 3. The molecular weight excluding hydrogens is 497 g/mol. The zero-order chi connectivity index (χ0) is 26.9. The standard InChI is InChI=1S/C27H27F3N6O2/c1-35-25-15-31-13-22(23(25)14-32-35)17-2-5-19(6-3-17)33-26(38)34-20-7-4-18(24(12-20)27(28,29)30)16-36-10-8-21(37)9-11-36/h2-7,12-15,21,37H,8-11,16H2,1H3,(H2,33,34,38). The molecule has 0 spiro atoms. The Labute approximate surface area is 217 Å². The van der Waals surface area contributed by atoms with Gasteiger partial charge < -0.3 is 15.7 Å². The number of nitrogens with zero attached hydrogens (tertiary/aromatic N) is 4. The lowest BCUT2D eigenvalue weighted by Crippen LogP contribution is -2.35. The number of amides is 2. The van der Waals surface area contributed by atoms with E-state index in [2.05, 4.69) is 20.7 Å². The number of fused-ring (bicyclic) bond motifs is 1. The second kappa shape index (κ2) is 10.4. The molecule has 38 heavy (non-hydrogen) atoms. The summed E-state index contributed by atoms with van der Waals surface area (Å²) in [4.78, 5) is 18.7. The third kappa shape index (κ3) is 5.63. The first-order valence-electron chi connectivity index (χ1n) is 12.2. The molecule has 2 aromatic heterocycles. The van der Waals surface area contributed by atoms with Crippen LogP contribution in [0.4, 0.5) is 29.3 Å². The molecule has 11 heteroatoms. The minimum atomic E-state index is -4.57. The second-order valence-electron chi connectivity index (χ2n) is 9.42. The van der Waals surface area contributed by atoms with Crippen molar-refractivity contribution in [1.29, 1.82) is 0 Å². The predicted octanol–water partition coefficient (Wildman–Crippen LogP) is 5.25. The van der Waals surface area contributed by atoms with Gasteiger partial charge in [-0.25, -0.2) is 4.79 Å². The second-order valence-corrected chi connectivity index (χ2v) is 9.42. The number of piperidine rings is 1. The number of carbonyl (C=O) groups excluding carboxylic acids is 1. The SMILES string of the molecule is Cn1ncc2c(-c3ccc(NC(=O)Nc4ccc(CN5CCC(O)CC5)c(C(F)(F)F)c4)cc3)cncc21. The minimum Gasteiger partial charge on any atom is -0.393 e. The highest BCUT2D eigenvalue weighted by Gasteiger charge is 2.34. The third-order valence-corrected chi connectivity index (χ3v) is 6.75. The Bertz CT molecular complexity index is 1440. The van der Waals surface area contributed by atoms with Crippen molar-refractivity contribution < 1.29 is 23.1 Å². The zero-order valence-corrected chi connectivity index (χ0v) is 20.7. The number of halogens is 3. The van der Waals surface area contributed by atoms with Crippen LogP contribution in [0.3, 0.4) is 0 Å². The summed E-state index contributed by atoms with van der Waals surface area (Å²) in [6, 6.07) is 10.2. The van der Waals surface area contributed by atoms with Crippen LogP contribution in [0.15, 0.2) is 61.1 Å². The van der Waals surface area contributed by atoms with Crippen molar-refractivity contribution in [2.45, 2.75) is 31.7 Å². The number of aryl methyl sites for hydroxylation is 1. The zero-order valence-electron chi connectivity index (χ0n) is 20.7. The van der Waals surface area contributed by atoms with Gasteiger partial charge in [-0.2, -0.15) is 18.3 Å². The highest BCUT2D eigenvalue weighted by atomic mass is 19.4. The van der Waals surface area contributed by atoms with Crippen LogP contribution in [0.2, 0.25) is 0 Å². The number of hydrogen-bond donors (Lipinski definition) is 3. The number of benzene rings is 2. The van der Waals surface area contributed by atoms with Crippen molar-refractivity contribution in [3.8, 4) is 11.1 Å².